The maximum absolute atomic E-state index is 12.1. The van der Waals surface area contributed by atoms with E-state index in [2.05, 4.69) is 34.9 Å². The predicted molar refractivity (Wildman–Crippen MR) is 72.9 cm³/mol. The van der Waals surface area contributed by atoms with E-state index in [4.69, 9.17) is 0 Å². The third-order valence-corrected chi connectivity index (χ3v) is 3.46. The maximum atomic E-state index is 12.1. The highest BCUT2D eigenvalue weighted by molar-refractivity contribution is 9.10. The Morgan fingerprint density at radius 3 is 2.59 bits per heavy atom. The number of aromatic nitrogens is 2. The lowest BCUT2D eigenvalue weighted by atomic mass is 10.1. The van der Waals surface area contributed by atoms with Gasteiger partial charge in [-0.05, 0) is 46.5 Å². The fourth-order valence-corrected chi connectivity index (χ4v) is 2.49. The average Bonchev–Trinajstić information content (AvgIpc) is 2.56. The van der Waals surface area contributed by atoms with Gasteiger partial charge < -0.3 is 0 Å². The van der Waals surface area contributed by atoms with Crippen molar-refractivity contribution in [3.05, 3.63) is 50.3 Å². The zero-order valence-electron chi connectivity index (χ0n) is 10.1. The highest BCUT2D eigenvalue weighted by Crippen LogP contribution is 2.20. The Bertz CT molecular complexity index is 596. The minimum atomic E-state index is -0.0423. The summed E-state index contributed by atoms with van der Waals surface area (Å²) in [5.41, 5.74) is 2.88. The third kappa shape index (κ3) is 2.22. The number of nitrogens with one attached hydrogen (secondary N) is 1. The van der Waals surface area contributed by atoms with Crippen LogP contribution in [0.3, 0.4) is 0 Å². The van der Waals surface area contributed by atoms with E-state index in [0.29, 0.717) is 4.47 Å². The van der Waals surface area contributed by atoms with Crippen LogP contribution < -0.4 is 5.56 Å². The molecule has 0 aliphatic rings. The Hall–Kier alpha value is -1.29. The molecule has 0 aliphatic carbocycles. The second kappa shape index (κ2) is 4.53. The van der Waals surface area contributed by atoms with Gasteiger partial charge in [0.15, 0.2) is 0 Å². The first-order valence-corrected chi connectivity index (χ1v) is 6.37. The second-order valence-electron chi connectivity index (χ2n) is 4.47. The van der Waals surface area contributed by atoms with Crippen LogP contribution in [0, 0.1) is 6.92 Å². The van der Waals surface area contributed by atoms with E-state index in [0.717, 1.165) is 16.9 Å². The molecule has 2 aromatic rings. The summed E-state index contributed by atoms with van der Waals surface area (Å²) >= 11 is 3.35. The van der Waals surface area contributed by atoms with Gasteiger partial charge in [0.1, 0.15) is 4.47 Å². The van der Waals surface area contributed by atoms with Crippen LogP contribution in [0.2, 0.25) is 0 Å². The Morgan fingerprint density at radius 1 is 1.35 bits per heavy atom. The van der Waals surface area contributed by atoms with Crippen LogP contribution >= 0.6 is 15.9 Å². The number of halogens is 1. The molecule has 2 rings (SSSR count). The minimum Gasteiger partial charge on any atom is -0.294 e. The zero-order chi connectivity index (χ0) is 12.6. The topological polar surface area (TPSA) is 37.8 Å². The Labute approximate surface area is 109 Å². The first-order valence-electron chi connectivity index (χ1n) is 5.58. The molecule has 1 aromatic heterocycles. The third-order valence-electron chi connectivity index (χ3n) is 2.70. The Balaban J connectivity index is 2.61. The number of hydrogen-bond donors (Lipinski definition) is 1. The molecular weight excluding hydrogens is 280 g/mol. The molecule has 0 amide bonds. The van der Waals surface area contributed by atoms with Gasteiger partial charge in [-0.15, -0.1) is 0 Å². The smallest absolute Gasteiger partial charge is 0.285 e. The van der Waals surface area contributed by atoms with Gasteiger partial charge in [0.05, 0.1) is 11.4 Å². The molecule has 0 saturated carbocycles. The first-order chi connectivity index (χ1) is 8.00. The molecule has 90 valence electrons. The fourth-order valence-electron chi connectivity index (χ4n) is 1.77. The normalized spacial score (nSPS) is 11.1. The molecule has 3 nitrogen and oxygen atoms in total. The standard InChI is InChI=1S/C13H15BrN2O/c1-8(2)12-11(14)13(17)16(15-12)10-6-4-5-9(3)7-10/h4-8,15H,1-3H3. The Morgan fingerprint density at radius 2 is 2.06 bits per heavy atom. The van der Waals surface area contributed by atoms with Crippen molar-refractivity contribution in [2.45, 2.75) is 26.7 Å². The van der Waals surface area contributed by atoms with E-state index in [1.807, 2.05) is 31.2 Å². The van der Waals surface area contributed by atoms with E-state index in [1.54, 1.807) is 4.68 Å². The van der Waals surface area contributed by atoms with Crippen molar-refractivity contribution in [2.75, 3.05) is 0 Å². The van der Waals surface area contributed by atoms with Crippen LogP contribution in [0.1, 0.15) is 31.0 Å². The summed E-state index contributed by atoms with van der Waals surface area (Å²) in [5, 5.41) is 3.15. The molecule has 0 atom stereocenters. The largest absolute Gasteiger partial charge is 0.294 e. The van der Waals surface area contributed by atoms with Crippen molar-refractivity contribution in [1.82, 2.24) is 9.78 Å². The quantitative estimate of drug-likeness (QED) is 0.906. The van der Waals surface area contributed by atoms with E-state index in [9.17, 15) is 4.79 Å². The van der Waals surface area contributed by atoms with Gasteiger partial charge in [-0.1, -0.05) is 26.0 Å². The number of H-pyrrole nitrogens is 1. The molecular formula is C13H15BrN2O. The van der Waals surface area contributed by atoms with Crippen molar-refractivity contribution < 1.29 is 0 Å². The minimum absolute atomic E-state index is 0.0423. The highest BCUT2D eigenvalue weighted by Gasteiger charge is 2.14. The fraction of sp³-hybridized carbons (Fsp3) is 0.308. The summed E-state index contributed by atoms with van der Waals surface area (Å²) in [4.78, 5) is 12.1. The van der Waals surface area contributed by atoms with E-state index < -0.39 is 0 Å². The summed E-state index contributed by atoms with van der Waals surface area (Å²) in [6.07, 6.45) is 0. The molecule has 4 heteroatoms. The van der Waals surface area contributed by atoms with E-state index >= 15 is 0 Å². The van der Waals surface area contributed by atoms with E-state index in [1.165, 1.54) is 0 Å². The molecule has 0 radical (unpaired) electrons. The number of benzene rings is 1. The lowest BCUT2D eigenvalue weighted by Crippen LogP contribution is -2.14. The number of hydrogen-bond acceptors (Lipinski definition) is 1. The molecule has 0 aliphatic heterocycles. The Kier molecular flexibility index (Phi) is 3.24. The van der Waals surface area contributed by atoms with Gasteiger partial charge in [-0.2, -0.15) is 0 Å². The molecule has 0 saturated heterocycles. The molecule has 17 heavy (non-hydrogen) atoms. The second-order valence-corrected chi connectivity index (χ2v) is 5.27. The van der Waals surface area contributed by atoms with Gasteiger partial charge in [0.2, 0.25) is 0 Å². The predicted octanol–water partition coefficient (Wildman–Crippen LogP) is 3.36. The number of nitrogens with zero attached hydrogens (tertiary/aromatic N) is 1. The summed E-state index contributed by atoms with van der Waals surface area (Å²) in [7, 11) is 0. The lowest BCUT2D eigenvalue weighted by Gasteiger charge is -2.04. The molecule has 1 heterocycles. The lowest BCUT2D eigenvalue weighted by molar-refractivity contribution is 0.759. The summed E-state index contributed by atoms with van der Waals surface area (Å²) < 4.78 is 2.20. The van der Waals surface area contributed by atoms with Crippen molar-refractivity contribution in [3.63, 3.8) is 0 Å². The van der Waals surface area contributed by atoms with Crippen molar-refractivity contribution >= 4 is 15.9 Å². The van der Waals surface area contributed by atoms with Crippen molar-refractivity contribution in [1.29, 1.82) is 0 Å². The summed E-state index contributed by atoms with van der Waals surface area (Å²) in [5.74, 6) is 0.281. The van der Waals surface area contributed by atoms with Crippen molar-refractivity contribution in [2.24, 2.45) is 0 Å². The SMILES string of the molecule is Cc1cccc(-n2[nH]c(C(C)C)c(Br)c2=O)c1. The monoisotopic (exact) mass is 294 g/mol. The summed E-state index contributed by atoms with van der Waals surface area (Å²) in [6.45, 7) is 6.11. The van der Waals surface area contributed by atoms with Gasteiger partial charge in [-0.3, -0.25) is 9.89 Å². The first kappa shape index (κ1) is 12.2. The van der Waals surface area contributed by atoms with Gasteiger partial charge >= 0.3 is 0 Å². The van der Waals surface area contributed by atoms with Gasteiger partial charge in [0.25, 0.3) is 5.56 Å². The number of aryl methyl sites for hydroxylation is 1. The molecule has 0 unspecified atom stereocenters. The van der Waals surface area contributed by atoms with Gasteiger partial charge in [-0.25, -0.2) is 4.68 Å². The highest BCUT2D eigenvalue weighted by atomic mass is 79.9. The zero-order valence-corrected chi connectivity index (χ0v) is 11.7. The van der Waals surface area contributed by atoms with Crippen LogP contribution in [0.4, 0.5) is 0 Å². The molecule has 0 spiro atoms. The van der Waals surface area contributed by atoms with Crippen LogP contribution in [-0.4, -0.2) is 9.78 Å². The van der Waals surface area contributed by atoms with Crippen LogP contribution in [0.15, 0.2) is 33.5 Å². The number of aromatic amines is 1. The summed E-state index contributed by atoms with van der Waals surface area (Å²) in [6, 6.07) is 7.85. The van der Waals surface area contributed by atoms with Gasteiger partial charge in [0, 0.05) is 0 Å². The molecule has 1 N–H and O–H groups in total. The molecule has 1 aromatic carbocycles. The number of rotatable bonds is 2. The van der Waals surface area contributed by atoms with Crippen LogP contribution in [0.5, 0.6) is 0 Å². The van der Waals surface area contributed by atoms with Crippen LogP contribution in [0.25, 0.3) is 5.69 Å². The van der Waals surface area contributed by atoms with Crippen molar-refractivity contribution in [3.8, 4) is 5.69 Å². The maximum Gasteiger partial charge on any atom is 0.285 e. The van der Waals surface area contributed by atoms with Crippen LogP contribution in [-0.2, 0) is 0 Å². The molecule has 0 fully saturated rings. The average molecular weight is 295 g/mol. The van der Waals surface area contributed by atoms with E-state index in [-0.39, 0.29) is 11.5 Å². The molecule has 0 bridgehead atoms.